The summed E-state index contributed by atoms with van der Waals surface area (Å²) in [5.41, 5.74) is 6.69. The minimum Gasteiger partial charge on any atom is -0.393 e. The Bertz CT molecular complexity index is 602. The van der Waals surface area contributed by atoms with E-state index in [1.54, 1.807) is 12.1 Å². The molecule has 0 unspecified atom stereocenters. The molecule has 0 amide bonds. The van der Waals surface area contributed by atoms with Crippen LogP contribution in [0.3, 0.4) is 0 Å². The van der Waals surface area contributed by atoms with E-state index >= 15 is 0 Å². The van der Waals surface area contributed by atoms with Gasteiger partial charge in [0.15, 0.2) is 8.68 Å². The Morgan fingerprint density at radius 1 is 1.42 bits per heavy atom. The van der Waals surface area contributed by atoms with E-state index in [9.17, 15) is 10.1 Å². The Morgan fingerprint density at radius 2 is 2.16 bits per heavy atom. The van der Waals surface area contributed by atoms with Gasteiger partial charge in [-0.1, -0.05) is 47.0 Å². The van der Waals surface area contributed by atoms with Crippen molar-refractivity contribution in [1.82, 2.24) is 10.2 Å². The number of aromatic nitrogens is 2. The number of thioether (sulfide) groups is 2. The summed E-state index contributed by atoms with van der Waals surface area (Å²) in [5, 5.41) is 18.8. The number of nitrogens with two attached hydrogens (primary N) is 1. The summed E-state index contributed by atoms with van der Waals surface area (Å²) in [4.78, 5) is 10.3. The first-order valence-electron chi connectivity index (χ1n) is 5.14. The van der Waals surface area contributed by atoms with Crippen molar-refractivity contribution in [3.63, 3.8) is 0 Å². The first-order valence-corrected chi connectivity index (χ1v) is 8.16. The fourth-order valence-corrected chi connectivity index (χ4v) is 3.80. The molecule has 100 valence electrons. The van der Waals surface area contributed by atoms with Crippen molar-refractivity contribution in [2.45, 2.75) is 14.4 Å². The molecule has 1 aromatic heterocycles. The van der Waals surface area contributed by atoms with Crippen LogP contribution in [0.4, 0.5) is 11.4 Å². The number of hydrogen-bond acceptors (Lipinski definition) is 8. The summed E-state index contributed by atoms with van der Waals surface area (Å²) in [6, 6.07) is 4.82. The Labute approximate surface area is 122 Å². The third kappa shape index (κ3) is 3.37. The van der Waals surface area contributed by atoms with Crippen LogP contribution < -0.4 is 5.73 Å². The highest BCUT2D eigenvalue weighted by atomic mass is 32.2. The van der Waals surface area contributed by atoms with Gasteiger partial charge in [0.25, 0.3) is 5.69 Å². The van der Waals surface area contributed by atoms with E-state index in [1.807, 2.05) is 6.26 Å². The standard InChI is InChI=1S/C10H10N4O2S3/c1-17-9-12-13-10(19-9)18-5-6-3-2-4-7(8(6)11)14(15)16/h2-4H,5,11H2,1H3. The predicted molar refractivity (Wildman–Crippen MR) is 78.8 cm³/mol. The van der Waals surface area contributed by atoms with Crippen molar-refractivity contribution in [2.24, 2.45) is 0 Å². The molecule has 19 heavy (non-hydrogen) atoms. The molecule has 1 heterocycles. The lowest BCUT2D eigenvalue weighted by Gasteiger charge is -2.04. The molecule has 2 rings (SSSR count). The molecule has 0 aliphatic carbocycles. The van der Waals surface area contributed by atoms with Gasteiger partial charge in [0.2, 0.25) is 0 Å². The lowest BCUT2D eigenvalue weighted by atomic mass is 10.2. The summed E-state index contributed by atoms with van der Waals surface area (Å²) < 4.78 is 1.73. The van der Waals surface area contributed by atoms with Gasteiger partial charge in [0.1, 0.15) is 5.69 Å². The normalized spacial score (nSPS) is 10.6. The van der Waals surface area contributed by atoms with E-state index in [2.05, 4.69) is 10.2 Å². The lowest BCUT2D eigenvalue weighted by molar-refractivity contribution is -0.383. The highest BCUT2D eigenvalue weighted by molar-refractivity contribution is 8.02. The minimum atomic E-state index is -0.472. The molecule has 0 saturated carbocycles. The van der Waals surface area contributed by atoms with Crippen LogP contribution in [-0.4, -0.2) is 21.4 Å². The fraction of sp³-hybridized carbons (Fsp3) is 0.200. The van der Waals surface area contributed by atoms with Crippen molar-refractivity contribution in [3.8, 4) is 0 Å². The first-order chi connectivity index (χ1) is 9.11. The second-order valence-electron chi connectivity index (χ2n) is 3.43. The molecule has 0 bridgehead atoms. The Hall–Kier alpha value is -1.32. The molecule has 0 spiro atoms. The number of benzene rings is 1. The molecule has 0 saturated heterocycles. The number of nitro benzene ring substituents is 1. The maximum atomic E-state index is 10.8. The fourth-order valence-electron chi connectivity index (χ4n) is 1.36. The summed E-state index contributed by atoms with van der Waals surface area (Å²) in [6.07, 6.45) is 1.94. The second-order valence-corrected chi connectivity index (χ2v) is 6.69. The van der Waals surface area contributed by atoms with Gasteiger partial charge in [0.05, 0.1) is 4.92 Å². The van der Waals surface area contributed by atoms with Crippen LogP contribution in [0.1, 0.15) is 5.56 Å². The molecule has 0 aliphatic heterocycles. The predicted octanol–water partition coefficient (Wildman–Crippen LogP) is 3.04. The molecule has 1 aromatic carbocycles. The van der Waals surface area contributed by atoms with Gasteiger partial charge in [-0.25, -0.2) is 0 Å². The highest BCUT2D eigenvalue weighted by Gasteiger charge is 2.14. The van der Waals surface area contributed by atoms with Gasteiger partial charge in [-0.15, -0.1) is 10.2 Å². The number of nitro groups is 1. The van der Waals surface area contributed by atoms with Crippen molar-refractivity contribution in [2.75, 3.05) is 12.0 Å². The molecule has 0 fully saturated rings. The van der Waals surface area contributed by atoms with Crippen molar-refractivity contribution >= 4 is 46.2 Å². The molecule has 9 heteroatoms. The van der Waals surface area contributed by atoms with Crippen molar-refractivity contribution < 1.29 is 4.92 Å². The Morgan fingerprint density at radius 3 is 2.79 bits per heavy atom. The van der Waals surface area contributed by atoms with E-state index in [-0.39, 0.29) is 11.4 Å². The van der Waals surface area contributed by atoms with Gasteiger partial charge >= 0.3 is 0 Å². The number of para-hydroxylation sites is 1. The van der Waals surface area contributed by atoms with Gasteiger partial charge in [-0.3, -0.25) is 10.1 Å². The molecule has 0 atom stereocenters. The maximum Gasteiger partial charge on any atom is 0.292 e. The number of nitrogen functional groups attached to an aromatic ring is 1. The van der Waals surface area contributed by atoms with Gasteiger partial charge in [-0.2, -0.15) is 0 Å². The first kappa shape index (κ1) is 14.1. The largest absolute Gasteiger partial charge is 0.393 e. The van der Waals surface area contributed by atoms with Crippen LogP contribution in [0.5, 0.6) is 0 Å². The second kappa shape index (κ2) is 6.22. The van der Waals surface area contributed by atoms with Crippen LogP contribution in [0, 0.1) is 10.1 Å². The molecular formula is C10H10N4O2S3. The maximum absolute atomic E-state index is 10.8. The minimum absolute atomic E-state index is 0.0554. The Balaban J connectivity index is 2.11. The van der Waals surface area contributed by atoms with E-state index < -0.39 is 4.92 Å². The van der Waals surface area contributed by atoms with Crippen molar-refractivity contribution in [3.05, 3.63) is 33.9 Å². The third-order valence-electron chi connectivity index (χ3n) is 2.28. The van der Waals surface area contributed by atoms with E-state index in [4.69, 9.17) is 5.73 Å². The van der Waals surface area contributed by atoms with Crippen LogP contribution in [0.2, 0.25) is 0 Å². The summed E-state index contributed by atoms with van der Waals surface area (Å²) >= 11 is 4.51. The van der Waals surface area contributed by atoms with E-state index in [0.29, 0.717) is 5.75 Å². The smallest absolute Gasteiger partial charge is 0.292 e. The molecular weight excluding hydrogens is 304 g/mol. The highest BCUT2D eigenvalue weighted by Crippen LogP contribution is 2.33. The molecule has 0 radical (unpaired) electrons. The monoisotopic (exact) mass is 314 g/mol. The van der Waals surface area contributed by atoms with Crippen LogP contribution >= 0.6 is 34.9 Å². The van der Waals surface area contributed by atoms with Crippen LogP contribution in [-0.2, 0) is 5.75 Å². The summed E-state index contributed by atoms with van der Waals surface area (Å²) in [7, 11) is 0. The molecule has 0 aliphatic rings. The quantitative estimate of drug-likeness (QED) is 0.392. The van der Waals surface area contributed by atoms with Gasteiger partial charge < -0.3 is 5.73 Å². The molecule has 6 nitrogen and oxygen atoms in total. The zero-order valence-corrected chi connectivity index (χ0v) is 12.3. The number of nitrogens with zero attached hydrogens (tertiary/aromatic N) is 3. The number of rotatable bonds is 5. The SMILES string of the molecule is CSc1nnc(SCc2cccc([N+](=O)[O-])c2N)s1. The number of hydrogen-bond donors (Lipinski definition) is 1. The lowest BCUT2D eigenvalue weighted by Crippen LogP contribution is -1.99. The van der Waals surface area contributed by atoms with Crippen LogP contribution in [0.25, 0.3) is 0 Å². The van der Waals surface area contributed by atoms with Gasteiger partial charge in [0, 0.05) is 11.8 Å². The van der Waals surface area contributed by atoms with Gasteiger partial charge in [-0.05, 0) is 11.8 Å². The average Bonchev–Trinajstić information content (AvgIpc) is 2.85. The van der Waals surface area contributed by atoms with Crippen molar-refractivity contribution in [1.29, 1.82) is 0 Å². The Kier molecular flexibility index (Phi) is 4.61. The summed E-state index contributed by atoms with van der Waals surface area (Å²) in [6.45, 7) is 0. The number of anilines is 1. The topological polar surface area (TPSA) is 94.9 Å². The van der Waals surface area contributed by atoms with Crippen LogP contribution in [0.15, 0.2) is 26.9 Å². The molecule has 2 aromatic rings. The van der Waals surface area contributed by atoms with E-state index in [0.717, 1.165) is 14.2 Å². The zero-order chi connectivity index (χ0) is 13.8. The molecule has 2 N–H and O–H groups in total. The van der Waals surface area contributed by atoms with E-state index in [1.165, 1.54) is 40.9 Å². The summed E-state index contributed by atoms with van der Waals surface area (Å²) in [5.74, 6) is 0.538. The zero-order valence-electron chi connectivity index (χ0n) is 9.90. The average molecular weight is 314 g/mol. The third-order valence-corrected chi connectivity index (χ3v) is 5.36.